The summed E-state index contributed by atoms with van der Waals surface area (Å²) in [5, 5.41) is 10.2. The van der Waals surface area contributed by atoms with Gasteiger partial charge in [0.15, 0.2) is 5.60 Å². The summed E-state index contributed by atoms with van der Waals surface area (Å²) in [6, 6.07) is 0. The number of primary amides is 1. The Labute approximate surface area is 153 Å². The highest BCUT2D eigenvalue weighted by molar-refractivity contribution is 5.80. The van der Waals surface area contributed by atoms with E-state index in [4.69, 9.17) is 10.5 Å². The Morgan fingerprint density at radius 2 is 1.36 bits per heavy atom. The van der Waals surface area contributed by atoms with Gasteiger partial charge in [0.25, 0.3) is 0 Å². The van der Waals surface area contributed by atoms with Crippen LogP contribution in [0.15, 0.2) is 0 Å². The molecule has 0 fully saturated rings. The Kier molecular flexibility index (Phi) is 12.6. The normalized spacial score (nSPS) is 16.2. The van der Waals surface area contributed by atoms with Gasteiger partial charge in [-0.15, -0.1) is 0 Å². The summed E-state index contributed by atoms with van der Waals surface area (Å²) < 4.78 is 5.85. The van der Waals surface area contributed by atoms with E-state index in [9.17, 15) is 14.7 Å². The van der Waals surface area contributed by atoms with E-state index in [1.54, 1.807) is 0 Å². The van der Waals surface area contributed by atoms with E-state index in [1.165, 1.54) is 0 Å². The first-order valence-electron chi connectivity index (χ1n) is 10.1. The van der Waals surface area contributed by atoms with Crippen LogP contribution in [0.1, 0.15) is 91.9 Å². The Balaban J connectivity index is 5.64. The molecule has 0 rings (SSSR count). The van der Waals surface area contributed by atoms with E-state index >= 15 is 0 Å². The second kappa shape index (κ2) is 13.2. The summed E-state index contributed by atoms with van der Waals surface area (Å²) in [4.78, 5) is 23.7. The van der Waals surface area contributed by atoms with Crippen LogP contribution >= 0.6 is 0 Å². The first kappa shape index (κ1) is 23.9. The molecule has 0 aromatic rings. The van der Waals surface area contributed by atoms with Gasteiger partial charge in [0.2, 0.25) is 5.91 Å². The van der Waals surface area contributed by atoms with Crippen LogP contribution in [0, 0.1) is 11.8 Å². The van der Waals surface area contributed by atoms with E-state index in [2.05, 4.69) is 13.8 Å². The molecule has 0 bridgehead atoms. The monoisotopic (exact) mass is 357 g/mol. The molecule has 0 aliphatic heterocycles. The maximum atomic E-state index is 12.4. The SMILES string of the molecule is CCCCCC(CC)C(OCC(N)=O)(C(=O)O)C(CC)CCCCC. The molecule has 0 heterocycles. The Hall–Kier alpha value is -1.10. The molecule has 0 aliphatic carbocycles. The number of carbonyl (C=O) groups is 2. The third-order valence-corrected chi connectivity index (χ3v) is 5.30. The summed E-state index contributed by atoms with van der Waals surface area (Å²) in [6.07, 6.45) is 9.35. The highest BCUT2D eigenvalue weighted by Crippen LogP contribution is 2.41. The van der Waals surface area contributed by atoms with Crippen molar-refractivity contribution in [2.45, 2.75) is 97.5 Å². The molecule has 5 heteroatoms. The fourth-order valence-electron chi connectivity index (χ4n) is 3.90. The van der Waals surface area contributed by atoms with Gasteiger partial charge in [0, 0.05) is 0 Å². The summed E-state index contributed by atoms with van der Waals surface area (Å²) in [5.74, 6) is -1.78. The standard InChI is InChI=1S/C20H39NO4/c1-5-9-11-13-16(7-3)20(19(23)24,25-15-18(21)22)17(8-4)14-12-10-6-2/h16-17H,5-15H2,1-4H3,(H2,21,22)(H,23,24). The van der Waals surface area contributed by atoms with Crippen LogP contribution in [0.4, 0.5) is 0 Å². The van der Waals surface area contributed by atoms with Crippen molar-refractivity contribution < 1.29 is 19.4 Å². The van der Waals surface area contributed by atoms with E-state index in [1.807, 2.05) is 13.8 Å². The summed E-state index contributed by atoms with van der Waals surface area (Å²) in [6.45, 7) is 7.96. The molecule has 2 atom stereocenters. The van der Waals surface area contributed by atoms with Gasteiger partial charge < -0.3 is 15.6 Å². The second-order valence-electron chi connectivity index (χ2n) is 7.06. The van der Waals surface area contributed by atoms with Gasteiger partial charge in [-0.3, -0.25) is 4.79 Å². The van der Waals surface area contributed by atoms with Crippen molar-refractivity contribution in [3.05, 3.63) is 0 Å². The topological polar surface area (TPSA) is 89.6 Å². The number of carboxylic acids is 1. The van der Waals surface area contributed by atoms with E-state index in [0.29, 0.717) is 0 Å². The number of aliphatic carboxylic acids is 1. The third-order valence-electron chi connectivity index (χ3n) is 5.30. The first-order valence-corrected chi connectivity index (χ1v) is 10.1. The lowest BCUT2D eigenvalue weighted by molar-refractivity contribution is -0.189. The molecule has 5 nitrogen and oxygen atoms in total. The lowest BCUT2D eigenvalue weighted by atomic mass is 9.70. The predicted molar refractivity (Wildman–Crippen MR) is 101 cm³/mol. The molecular weight excluding hydrogens is 318 g/mol. The van der Waals surface area contributed by atoms with E-state index in [-0.39, 0.29) is 18.4 Å². The Bertz CT molecular complexity index is 366. The largest absolute Gasteiger partial charge is 0.479 e. The fourth-order valence-corrected chi connectivity index (χ4v) is 3.90. The summed E-state index contributed by atoms with van der Waals surface area (Å²) in [7, 11) is 0. The van der Waals surface area contributed by atoms with Crippen molar-refractivity contribution in [1.29, 1.82) is 0 Å². The van der Waals surface area contributed by atoms with Crippen LogP contribution in [0.25, 0.3) is 0 Å². The zero-order chi connectivity index (χ0) is 19.3. The molecule has 3 N–H and O–H groups in total. The predicted octanol–water partition coefficient (Wildman–Crippen LogP) is 4.52. The molecule has 148 valence electrons. The number of ether oxygens (including phenoxy) is 1. The van der Waals surface area contributed by atoms with Gasteiger partial charge in [0.05, 0.1) is 0 Å². The number of carboxylic acid groups (broad SMARTS) is 1. The fraction of sp³-hybridized carbons (Fsp3) is 0.900. The number of hydrogen-bond acceptors (Lipinski definition) is 3. The minimum absolute atomic E-state index is 0.109. The smallest absolute Gasteiger partial charge is 0.336 e. The van der Waals surface area contributed by atoms with Gasteiger partial charge in [-0.25, -0.2) is 4.79 Å². The van der Waals surface area contributed by atoms with Gasteiger partial charge in [-0.05, 0) is 37.5 Å². The van der Waals surface area contributed by atoms with Crippen LogP contribution in [0.5, 0.6) is 0 Å². The molecule has 0 radical (unpaired) electrons. The zero-order valence-electron chi connectivity index (χ0n) is 16.7. The molecule has 0 aromatic carbocycles. The van der Waals surface area contributed by atoms with Crippen LogP contribution in [-0.2, 0) is 14.3 Å². The molecule has 0 saturated carbocycles. The Morgan fingerprint density at radius 1 is 0.920 bits per heavy atom. The summed E-state index contributed by atoms with van der Waals surface area (Å²) >= 11 is 0. The molecule has 0 aromatic heterocycles. The van der Waals surface area contributed by atoms with Crippen LogP contribution in [0.3, 0.4) is 0 Å². The highest BCUT2D eigenvalue weighted by Gasteiger charge is 2.51. The number of rotatable bonds is 16. The minimum Gasteiger partial charge on any atom is -0.479 e. The van der Waals surface area contributed by atoms with Crippen LogP contribution in [-0.4, -0.2) is 29.2 Å². The third kappa shape index (κ3) is 7.35. The van der Waals surface area contributed by atoms with Crippen LogP contribution in [0.2, 0.25) is 0 Å². The first-order chi connectivity index (χ1) is 11.9. The molecule has 0 saturated heterocycles. The van der Waals surface area contributed by atoms with E-state index < -0.39 is 17.5 Å². The van der Waals surface area contributed by atoms with Gasteiger partial charge in [0.1, 0.15) is 6.61 Å². The lowest BCUT2D eigenvalue weighted by Gasteiger charge is -2.42. The number of carbonyl (C=O) groups excluding carboxylic acids is 1. The number of hydrogen-bond donors (Lipinski definition) is 2. The quantitative estimate of drug-likeness (QED) is 0.397. The number of unbranched alkanes of at least 4 members (excludes halogenated alkanes) is 4. The van der Waals surface area contributed by atoms with Gasteiger partial charge >= 0.3 is 5.97 Å². The molecule has 2 unspecified atom stereocenters. The summed E-state index contributed by atoms with van der Waals surface area (Å²) in [5.41, 5.74) is 3.95. The average molecular weight is 358 g/mol. The maximum Gasteiger partial charge on any atom is 0.336 e. The molecular formula is C20H39NO4. The highest BCUT2D eigenvalue weighted by atomic mass is 16.5. The zero-order valence-corrected chi connectivity index (χ0v) is 16.7. The van der Waals surface area contributed by atoms with Crippen molar-refractivity contribution in [2.75, 3.05) is 6.61 Å². The van der Waals surface area contributed by atoms with E-state index in [0.717, 1.165) is 64.2 Å². The molecule has 0 aliphatic rings. The van der Waals surface area contributed by atoms with Gasteiger partial charge in [-0.2, -0.15) is 0 Å². The van der Waals surface area contributed by atoms with Crippen molar-refractivity contribution in [3.8, 4) is 0 Å². The van der Waals surface area contributed by atoms with Gasteiger partial charge in [-0.1, -0.05) is 66.2 Å². The van der Waals surface area contributed by atoms with Crippen molar-refractivity contribution >= 4 is 11.9 Å². The minimum atomic E-state index is -1.32. The second-order valence-corrected chi connectivity index (χ2v) is 7.06. The van der Waals surface area contributed by atoms with Crippen LogP contribution < -0.4 is 5.73 Å². The lowest BCUT2D eigenvalue weighted by Crippen LogP contribution is -2.55. The van der Waals surface area contributed by atoms with Crippen molar-refractivity contribution in [1.82, 2.24) is 0 Å². The Morgan fingerprint density at radius 3 is 1.64 bits per heavy atom. The van der Waals surface area contributed by atoms with Crippen molar-refractivity contribution in [3.63, 3.8) is 0 Å². The maximum absolute atomic E-state index is 12.4. The molecule has 1 amide bonds. The van der Waals surface area contributed by atoms with Crippen molar-refractivity contribution in [2.24, 2.45) is 17.6 Å². The number of nitrogens with two attached hydrogens (primary N) is 1. The number of amides is 1. The molecule has 0 spiro atoms. The average Bonchev–Trinajstić information content (AvgIpc) is 2.58. The molecule has 25 heavy (non-hydrogen) atoms.